The van der Waals surface area contributed by atoms with Crippen molar-refractivity contribution in [3.05, 3.63) is 56.9 Å². The van der Waals surface area contributed by atoms with E-state index in [1.165, 1.54) is 31.1 Å². The van der Waals surface area contributed by atoms with Crippen LogP contribution in [0.2, 0.25) is 0 Å². The first-order valence-corrected chi connectivity index (χ1v) is 5.19. The summed E-state index contributed by atoms with van der Waals surface area (Å²) in [5.41, 5.74) is -0.552. The maximum atomic E-state index is 12.2. The van der Waals surface area contributed by atoms with Crippen LogP contribution in [0.15, 0.2) is 35.7 Å². The highest BCUT2D eigenvalue weighted by Crippen LogP contribution is 2.27. The van der Waals surface area contributed by atoms with Crippen LogP contribution in [0.1, 0.15) is 20.7 Å². The molecule has 0 unspecified atom stereocenters. The number of ketones is 2. The molecule has 1 aliphatic rings. The summed E-state index contributed by atoms with van der Waals surface area (Å²) in [5, 5.41) is 11.0. The molecule has 18 heavy (non-hydrogen) atoms. The van der Waals surface area contributed by atoms with Crippen LogP contribution in [0.25, 0.3) is 0 Å². The maximum Gasteiger partial charge on any atom is 0.344 e. The topological polar surface area (TPSA) is 80.5 Å². The first-order valence-electron chi connectivity index (χ1n) is 5.19. The van der Waals surface area contributed by atoms with Gasteiger partial charge in [0.2, 0.25) is 5.78 Å². The van der Waals surface area contributed by atoms with Gasteiger partial charge in [0, 0.05) is 25.2 Å². The van der Waals surface area contributed by atoms with Gasteiger partial charge in [-0.3, -0.25) is 19.7 Å². The molecule has 0 atom stereocenters. The van der Waals surface area contributed by atoms with Crippen LogP contribution in [-0.2, 0) is 0 Å². The second-order valence-electron chi connectivity index (χ2n) is 4.05. The van der Waals surface area contributed by atoms with Crippen molar-refractivity contribution in [2.45, 2.75) is 0 Å². The monoisotopic (exact) mass is 246 g/mol. The molecule has 2 rings (SSSR count). The number of nitro groups is 1. The third-order valence-electron chi connectivity index (χ3n) is 2.70. The van der Waals surface area contributed by atoms with Gasteiger partial charge in [-0.1, -0.05) is 24.3 Å². The number of hydrogen-bond acceptors (Lipinski definition) is 5. The SMILES string of the molecule is CN(C)C1=C([N+](=O)[O-])C(=O)c2ccccc2C1=O. The van der Waals surface area contributed by atoms with E-state index in [4.69, 9.17) is 0 Å². The smallest absolute Gasteiger partial charge is 0.344 e. The van der Waals surface area contributed by atoms with Crippen molar-refractivity contribution in [1.29, 1.82) is 0 Å². The first kappa shape index (κ1) is 12.0. The van der Waals surface area contributed by atoms with Gasteiger partial charge in [0.05, 0.1) is 4.92 Å². The summed E-state index contributed by atoms with van der Waals surface area (Å²) in [4.78, 5) is 35.7. The summed E-state index contributed by atoms with van der Waals surface area (Å²) < 4.78 is 0. The molecule has 0 radical (unpaired) electrons. The fourth-order valence-corrected chi connectivity index (χ4v) is 1.93. The van der Waals surface area contributed by atoms with Gasteiger partial charge < -0.3 is 4.90 Å². The zero-order valence-electron chi connectivity index (χ0n) is 9.84. The summed E-state index contributed by atoms with van der Waals surface area (Å²) in [6, 6.07) is 6.11. The van der Waals surface area contributed by atoms with Crippen LogP contribution in [0.3, 0.4) is 0 Å². The van der Waals surface area contributed by atoms with E-state index in [2.05, 4.69) is 0 Å². The van der Waals surface area contributed by atoms with E-state index in [1.807, 2.05) is 0 Å². The highest BCUT2D eigenvalue weighted by Gasteiger charge is 2.40. The predicted octanol–water partition coefficient (Wildman–Crippen LogP) is 1.12. The first-order chi connectivity index (χ1) is 8.45. The quantitative estimate of drug-likeness (QED) is 0.577. The van der Waals surface area contributed by atoms with Gasteiger partial charge in [-0.25, -0.2) is 0 Å². The molecule has 0 aliphatic heterocycles. The molecule has 0 saturated carbocycles. The van der Waals surface area contributed by atoms with Crippen molar-refractivity contribution in [2.75, 3.05) is 14.1 Å². The molecule has 0 saturated heterocycles. The molecule has 1 aromatic carbocycles. The largest absolute Gasteiger partial charge is 0.369 e. The molecule has 0 heterocycles. The van der Waals surface area contributed by atoms with Gasteiger partial charge in [-0.15, -0.1) is 0 Å². The number of hydrogen-bond donors (Lipinski definition) is 0. The number of nitrogens with zero attached hydrogens (tertiary/aromatic N) is 2. The van der Waals surface area contributed by atoms with E-state index in [0.29, 0.717) is 0 Å². The highest BCUT2D eigenvalue weighted by atomic mass is 16.6. The molecule has 0 N–H and O–H groups in total. The number of likely N-dealkylation sites (N-methyl/N-ethyl adjacent to an activating group) is 1. The Labute approximate surface area is 103 Å². The summed E-state index contributed by atoms with van der Waals surface area (Å²) >= 11 is 0. The van der Waals surface area contributed by atoms with E-state index in [0.717, 1.165) is 0 Å². The van der Waals surface area contributed by atoms with Crippen LogP contribution in [0.4, 0.5) is 0 Å². The minimum absolute atomic E-state index is 0.0831. The number of fused-ring (bicyclic) bond motifs is 1. The molecule has 0 aromatic heterocycles. The van der Waals surface area contributed by atoms with Gasteiger partial charge in [0.1, 0.15) is 0 Å². The summed E-state index contributed by atoms with van der Waals surface area (Å²) in [7, 11) is 3.00. The van der Waals surface area contributed by atoms with E-state index >= 15 is 0 Å². The fraction of sp³-hybridized carbons (Fsp3) is 0.167. The van der Waals surface area contributed by atoms with Crippen molar-refractivity contribution in [2.24, 2.45) is 0 Å². The normalized spacial score (nSPS) is 14.6. The summed E-state index contributed by atoms with van der Waals surface area (Å²) in [6.07, 6.45) is 0. The lowest BCUT2D eigenvalue weighted by molar-refractivity contribution is -0.418. The lowest BCUT2D eigenvalue weighted by Crippen LogP contribution is -2.32. The molecule has 0 bridgehead atoms. The van der Waals surface area contributed by atoms with Crippen molar-refractivity contribution in [3.8, 4) is 0 Å². The second-order valence-corrected chi connectivity index (χ2v) is 4.05. The molecule has 1 aliphatic carbocycles. The lowest BCUT2D eigenvalue weighted by atomic mass is 9.90. The molecule has 0 fully saturated rings. The standard InChI is InChI=1S/C12H10N2O4/c1-13(2)9-10(14(17)18)12(16)8-6-4-3-5-7(8)11(9)15/h3-6H,1-2H3. The Morgan fingerprint density at radius 3 is 2.00 bits per heavy atom. The van der Waals surface area contributed by atoms with Gasteiger partial charge in [-0.2, -0.15) is 0 Å². The average molecular weight is 246 g/mol. The van der Waals surface area contributed by atoms with Gasteiger partial charge in [-0.05, 0) is 0 Å². The van der Waals surface area contributed by atoms with E-state index in [1.54, 1.807) is 12.1 Å². The Balaban J connectivity index is 2.76. The molecule has 1 aromatic rings. The fourth-order valence-electron chi connectivity index (χ4n) is 1.93. The number of carbonyl (C=O) groups is 2. The Bertz CT molecular complexity index is 602. The summed E-state index contributed by atoms with van der Waals surface area (Å²) in [6.45, 7) is 0. The van der Waals surface area contributed by atoms with Crippen molar-refractivity contribution < 1.29 is 14.5 Å². The summed E-state index contributed by atoms with van der Waals surface area (Å²) in [5.74, 6) is -1.22. The molecule has 6 nitrogen and oxygen atoms in total. The Hall–Kier alpha value is -2.50. The van der Waals surface area contributed by atoms with Gasteiger partial charge >= 0.3 is 5.70 Å². The molecule has 6 heteroatoms. The third kappa shape index (κ3) is 1.58. The Morgan fingerprint density at radius 1 is 1.06 bits per heavy atom. The maximum absolute atomic E-state index is 12.2. The molecule has 0 spiro atoms. The number of allylic oxidation sites excluding steroid dienone is 2. The molecule has 92 valence electrons. The number of benzene rings is 1. The van der Waals surface area contributed by atoms with E-state index in [9.17, 15) is 19.7 Å². The van der Waals surface area contributed by atoms with E-state index < -0.39 is 22.2 Å². The zero-order chi connectivity index (χ0) is 13.4. The Morgan fingerprint density at radius 2 is 1.56 bits per heavy atom. The highest BCUT2D eigenvalue weighted by molar-refractivity contribution is 6.25. The molecular weight excluding hydrogens is 236 g/mol. The van der Waals surface area contributed by atoms with Crippen molar-refractivity contribution >= 4 is 11.6 Å². The van der Waals surface area contributed by atoms with Gasteiger partial charge in [0.25, 0.3) is 5.78 Å². The second kappa shape index (κ2) is 4.06. The van der Waals surface area contributed by atoms with Crippen LogP contribution in [-0.4, -0.2) is 35.5 Å². The zero-order valence-corrected chi connectivity index (χ0v) is 9.84. The lowest BCUT2D eigenvalue weighted by Gasteiger charge is -2.20. The average Bonchev–Trinajstić information content (AvgIpc) is 2.32. The van der Waals surface area contributed by atoms with Crippen molar-refractivity contribution in [1.82, 2.24) is 4.90 Å². The van der Waals surface area contributed by atoms with Gasteiger partial charge in [0.15, 0.2) is 5.70 Å². The molecule has 0 amide bonds. The predicted molar refractivity (Wildman–Crippen MR) is 62.8 cm³/mol. The number of carbonyl (C=O) groups excluding carboxylic acids is 2. The van der Waals surface area contributed by atoms with Crippen LogP contribution in [0, 0.1) is 10.1 Å². The van der Waals surface area contributed by atoms with E-state index in [-0.39, 0.29) is 16.8 Å². The van der Waals surface area contributed by atoms with Crippen LogP contribution < -0.4 is 0 Å². The van der Waals surface area contributed by atoms with Crippen molar-refractivity contribution in [3.63, 3.8) is 0 Å². The minimum atomic E-state index is -0.800. The number of Topliss-reactive ketones (excluding diaryl/α,β-unsaturated/α-hetero) is 2. The number of rotatable bonds is 2. The molecular formula is C12H10N2O4. The Kier molecular flexibility index (Phi) is 2.70. The van der Waals surface area contributed by atoms with Crippen LogP contribution >= 0.6 is 0 Å². The van der Waals surface area contributed by atoms with Crippen LogP contribution in [0.5, 0.6) is 0 Å². The third-order valence-corrected chi connectivity index (χ3v) is 2.70. The minimum Gasteiger partial charge on any atom is -0.369 e.